The van der Waals surface area contributed by atoms with Gasteiger partial charge in [0.1, 0.15) is 5.82 Å². The van der Waals surface area contributed by atoms with E-state index in [1.54, 1.807) is 18.0 Å². The Hall–Kier alpha value is -1.78. The van der Waals surface area contributed by atoms with Gasteiger partial charge in [0.05, 0.1) is 6.54 Å². The van der Waals surface area contributed by atoms with Crippen LogP contribution in [-0.4, -0.2) is 37.5 Å². The average molecular weight is 251 g/mol. The minimum atomic E-state index is -0.384. The fraction of sp³-hybridized carbons (Fsp3) is 0.462. The van der Waals surface area contributed by atoms with Crippen molar-refractivity contribution < 1.29 is 9.18 Å². The number of nitrogen functional groups attached to an aromatic ring is 1. The number of anilines is 2. The molecule has 0 aromatic heterocycles. The molecule has 1 saturated heterocycles. The van der Waals surface area contributed by atoms with Gasteiger partial charge in [0.2, 0.25) is 5.91 Å². The molecule has 1 heterocycles. The van der Waals surface area contributed by atoms with Crippen LogP contribution in [-0.2, 0) is 4.79 Å². The lowest BCUT2D eigenvalue weighted by Gasteiger charge is -2.23. The zero-order valence-electron chi connectivity index (χ0n) is 10.5. The van der Waals surface area contributed by atoms with E-state index in [0.29, 0.717) is 11.4 Å². The molecule has 5 heteroatoms. The van der Waals surface area contributed by atoms with Crippen LogP contribution in [0.4, 0.5) is 15.8 Å². The molecule has 1 aromatic rings. The van der Waals surface area contributed by atoms with Crippen LogP contribution in [0.25, 0.3) is 0 Å². The van der Waals surface area contributed by atoms with E-state index in [4.69, 9.17) is 5.73 Å². The summed E-state index contributed by atoms with van der Waals surface area (Å²) in [5.74, 6) is -0.302. The molecule has 0 spiro atoms. The van der Waals surface area contributed by atoms with Gasteiger partial charge in [0, 0.05) is 31.5 Å². The molecular weight excluding hydrogens is 233 g/mol. The molecule has 1 aromatic carbocycles. The monoisotopic (exact) mass is 251 g/mol. The van der Waals surface area contributed by atoms with Gasteiger partial charge in [-0.05, 0) is 31.0 Å². The van der Waals surface area contributed by atoms with Gasteiger partial charge in [0.15, 0.2) is 0 Å². The van der Waals surface area contributed by atoms with Crippen molar-refractivity contribution in [1.29, 1.82) is 0 Å². The third-order valence-corrected chi connectivity index (χ3v) is 3.18. The molecule has 1 amide bonds. The minimum absolute atomic E-state index is 0.0813. The number of amides is 1. The van der Waals surface area contributed by atoms with Crippen LogP contribution in [0.5, 0.6) is 0 Å². The average Bonchev–Trinajstić information content (AvgIpc) is 2.80. The van der Waals surface area contributed by atoms with Gasteiger partial charge in [-0.3, -0.25) is 4.79 Å². The van der Waals surface area contributed by atoms with Crippen molar-refractivity contribution in [2.24, 2.45) is 0 Å². The Balaban J connectivity index is 2.02. The molecule has 18 heavy (non-hydrogen) atoms. The highest BCUT2D eigenvalue weighted by Crippen LogP contribution is 2.19. The third-order valence-electron chi connectivity index (χ3n) is 3.18. The lowest BCUT2D eigenvalue weighted by molar-refractivity contribution is -0.128. The quantitative estimate of drug-likeness (QED) is 0.828. The highest BCUT2D eigenvalue weighted by atomic mass is 19.1. The van der Waals surface area contributed by atoms with E-state index in [9.17, 15) is 9.18 Å². The van der Waals surface area contributed by atoms with Crippen LogP contribution in [0.3, 0.4) is 0 Å². The van der Waals surface area contributed by atoms with Crippen molar-refractivity contribution in [1.82, 2.24) is 4.90 Å². The SMILES string of the molecule is CN(CC(=O)N1CCCC1)c1cc(N)cc(F)c1. The molecule has 0 radical (unpaired) electrons. The van der Waals surface area contributed by atoms with E-state index in [0.717, 1.165) is 25.9 Å². The van der Waals surface area contributed by atoms with Crippen LogP contribution in [0, 0.1) is 5.82 Å². The summed E-state index contributed by atoms with van der Waals surface area (Å²) in [5, 5.41) is 0. The lowest BCUT2D eigenvalue weighted by Crippen LogP contribution is -2.37. The molecule has 0 aliphatic carbocycles. The van der Waals surface area contributed by atoms with Crippen molar-refractivity contribution >= 4 is 17.3 Å². The Bertz CT molecular complexity index is 424. The first-order valence-corrected chi connectivity index (χ1v) is 6.11. The minimum Gasteiger partial charge on any atom is -0.399 e. The molecular formula is C13H18FN3O. The summed E-state index contributed by atoms with van der Waals surface area (Å²) >= 11 is 0. The van der Waals surface area contributed by atoms with E-state index in [-0.39, 0.29) is 18.3 Å². The number of halogens is 1. The van der Waals surface area contributed by atoms with E-state index < -0.39 is 0 Å². The van der Waals surface area contributed by atoms with Crippen LogP contribution in [0.1, 0.15) is 12.8 Å². The summed E-state index contributed by atoms with van der Waals surface area (Å²) < 4.78 is 13.2. The Labute approximate surface area is 106 Å². The zero-order chi connectivity index (χ0) is 13.1. The summed E-state index contributed by atoms with van der Waals surface area (Å²) in [7, 11) is 1.77. The van der Waals surface area contributed by atoms with Crippen molar-refractivity contribution in [3.8, 4) is 0 Å². The molecule has 98 valence electrons. The van der Waals surface area contributed by atoms with Gasteiger partial charge in [-0.15, -0.1) is 0 Å². The second kappa shape index (κ2) is 5.25. The lowest BCUT2D eigenvalue weighted by atomic mass is 10.2. The summed E-state index contributed by atoms with van der Waals surface area (Å²) in [6, 6.07) is 4.31. The number of likely N-dealkylation sites (N-methyl/N-ethyl adjacent to an activating group) is 1. The van der Waals surface area contributed by atoms with Crippen LogP contribution in [0.15, 0.2) is 18.2 Å². The van der Waals surface area contributed by atoms with Crippen molar-refractivity contribution in [3.63, 3.8) is 0 Å². The van der Waals surface area contributed by atoms with Gasteiger partial charge >= 0.3 is 0 Å². The normalized spacial score (nSPS) is 14.9. The maximum atomic E-state index is 13.2. The van der Waals surface area contributed by atoms with Gasteiger partial charge in [-0.2, -0.15) is 0 Å². The Morgan fingerprint density at radius 2 is 2.06 bits per heavy atom. The highest BCUT2D eigenvalue weighted by Gasteiger charge is 2.19. The second-order valence-corrected chi connectivity index (χ2v) is 4.69. The predicted octanol–water partition coefficient (Wildman–Crippen LogP) is 1.47. The first-order valence-electron chi connectivity index (χ1n) is 6.11. The number of carbonyl (C=O) groups excluding carboxylic acids is 1. The highest BCUT2D eigenvalue weighted by molar-refractivity contribution is 5.81. The number of rotatable bonds is 3. The number of likely N-dealkylation sites (tertiary alicyclic amines) is 1. The van der Waals surface area contributed by atoms with Gasteiger partial charge in [-0.25, -0.2) is 4.39 Å². The molecule has 1 aliphatic rings. The molecule has 0 atom stereocenters. The Morgan fingerprint density at radius 1 is 1.39 bits per heavy atom. The Morgan fingerprint density at radius 3 is 2.67 bits per heavy atom. The molecule has 2 N–H and O–H groups in total. The number of nitrogens with zero attached hydrogens (tertiary/aromatic N) is 2. The second-order valence-electron chi connectivity index (χ2n) is 4.69. The smallest absolute Gasteiger partial charge is 0.242 e. The first kappa shape index (κ1) is 12.7. The van der Waals surface area contributed by atoms with Crippen LogP contribution < -0.4 is 10.6 Å². The fourth-order valence-electron chi connectivity index (χ4n) is 2.18. The summed E-state index contributed by atoms with van der Waals surface area (Å²) in [6.07, 6.45) is 2.14. The van der Waals surface area contributed by atoms with Gasteiger partial charge < -0.3 is 15.5 Å². The number of hydrogen-bond acceptors (Lipinski definition) is 3. The van der Waals surface area contributed by atoms with E-state index in [1.165, 1.54) is 12.1 Å². The number of hydrogen-bond donors (Lipinski definition) is 1. The third kappa shape index (κ3) is 2.91. The number of nitrogens with two attached hydrogens (primary N) is 1. The molecule has 4 nitrogen and oxygen atoms in total. The van der Waals surface area contributed by atoms with Gasteiger partial charge in [0.25, 0.3) is 0 Å². The predicted molar refractivity (Wildman–Crippen MR) is 69.9 cm³/mol. The van der Waals surface area contributed by atoms with E-state index in [1.807, 2.05) is 4.90 Å². The molecule has 1 fully saturated rings. The summed E-state index contributed by atoms with van der Waals surface area (Å²) in [6.45, 7) is 1.92. The topological polar surface area (TPSA) is 49.6 Å². The Kier molecular flexibility index (Phi) is 3.69. The maximum absolute atomic E-state index is 13.2. The fourth-order valence-corrected chi connectivity index (χ4v) is 2.18. The van der Waals surface area contributed by atoms with E-state index >= 15 is 0 Å². The van der Waals surface area contributed by atoms with Crippen molar-refractivity contribution in [3.05, 3.63) is 24.0 Å². The molecule has 1 aliphatic heterocycles. The van der Waals surface area contributed by atoms with Crippen LogP contribution >= 0.6 is 0 Å². The summed E-state index contributed by atoms with van der Waals surface area (Å²) in [4.78, 5) is 15.5. The first-order chi connectivity index (χ1) is 8.56. The molecule has 0 saturated carbocycles. The largest absolute Gasteiger partial charge is 0.399 e. The zero-order valence-corrected chi connectivity index (χ0v) is 10.5. The molecule has 2 rings (SSSR count). The van der Waals surface area contributed by atoms with Crippen molar-refractivity contribution in [2.75, 3.05) is 37.3 Å². The van der Waals surface area contributed by atoms with E-state index in [2.05, 4.69) is 0 Å². The maximum Gasteiger partial charge on any atom is 0.242 e. The number of carbonyl (C=O) groups is 1. The summed E-state index contributed by atoms with van der Waals surface area (Å²) in [5.41, 5.74) is 6.58. The standard InChI is InChI=1S/C13H18FN3O/c1-16(9-13(18)17-4-2-3-5-17)12-7-10(14)6-11(15)8-12/h6-8H,2-5,9,15H2,1H3. The van der Waals surface area contributed by atoms with Crippen molar-refractivity contribution in [2.45, 2.75) is 12.8 Å². The number of benzene rings is 1. The van der Waals surface area contributed by atoms with Gasteiger partial charge in [-0.1, -0.05) is 0 Å². The molecule has 0 unspecified atom stereocenters. The van der Waals surface area contributed by atoms with Crippen LogP contribution in [0.2, 0.25) is 0 Å². The molecule has 0 bridgehead atoms.